The van der Waals surface area contributed by atoms with E-state index in [2.05, 4.69) is 11.1 Å². The Morgan fingerprint density at radius 1 is 1.24 bits per heavy atom. The monoisotopic (exact) mass is 481 g/mol. The third-order valence-corrected chi connectivity index (χ3v) is 7.03. The number of carbonyl (C=O) groups is 2. The van der Waals surface area contributed by atoms with Crippen LogP contribution in [0.3, 0.4) is 0 Å². The molecule has 0 bridgehead atoms. The highest BCUT2D eigenvalue weighted by Crippen LogP contribution is 2.40. The summed E-state index contributed by atoms with van der Waals surface area (Å²) in [5.41, 5.74) is 4.95. The Morgan fingerprint density at radius 2 is 2.00 bits per heavy atom. The Labute approximate surface area is 202 Å². The van der Waals surface area contributed by atoms with Crippen LogP contribution in [0.15, 0.2) is 54.7 Å². The fourth-order valence-corrected chi connectivity index (χ4v) is 5.23. The van der Waals surface area contributed by atoms with Crippen molar-refractivity contribution in [1.29, 1.82) is 0 Å². The zero-order chi connectivity index (χ0) is 24.0. The highest BCUT2D eigenvalue weighted by Gasteiger charge is 2.44. The third-order valence-electron chi connectivity index (χ3n) is 6.80. The number of hydrogen-bond acceptors (Lipinski definition) is 3. The summed E-state index contributed by atoms with van der Waals surface area (Å²) in [5.74, 6) is -0.565. The lowest BCUT2D eigenvalue weighted by Crippen LogP contribution is -2.39. The second-order valence-electron chi connectivity index (χ2n) is 8.75. The molecule has 2 aromatic carbocycles. The van der Waals surface area contributed by atoms with Crippen molar-refractivity contribution in [3.05, 3.63) is 82.4 Å². The number of esters is 1. The molecule has 0 radical (unpaired) electrons. The Kier molecular flexibility index (Phi) is 5.81. The summed E-state index contributed by atoms with van der Waals surface area (Å²) in [6.07, 6.45) is 1.43. The van der Waals surface area contributed by atoms with Crippen LogP contribution in [-0.4, -0.2) is 46.1 Å². The molecule has 6 nitrogen and oxygen atoms in total. The topological polar surface area (TPSA) is 54.8 Å². The first-order chi connectivity index (χ1) is 16.4. The normalized spacial score (nSPS) is 17.3. The summed E-state index contributed by atoms with van der Waals surface area (Å²) in [6, 6.07) is 12.1. The summed E-state index contributed by atoms with van der Waals surface area (Å²) in [6.45, 7) is 5.64. The summed E-state index contributed by atoms with van der Waals surface area (Å²) in [4.78, 5) is 28.3. The van der Waals surface area contributed by atoms with Crippen molar-refractivity contribution in [2.45, 2.75) is 38.4 Å². The highest BCUT2D eigenvalue weighted by atomic mass is 35.5. The summed E-state index contributed by atoms with van der Waals surface area (Å²) >= 11 is 6.34. The largest absolute Gasteiger partial charge is 0.469 e. The Hall–Kier alpha value is -3.32. The molecule has 5 rings (SSSR count). The van der Waals surface area contributed by atoms with Gasteiger partial charge in [0.05, 0.1) is 25.2 Å². The number of urea groups is 1. The predicted octanol–water partition coefficient (Wildman–Crippen LogP) is 5.11. The number of hydrogen-bond donors (Lipinski definition) is 0. The molecular formula is C26H25ClFN3O3. The number of amides is 2. The average molecular weight is 482 g/mol. The van der Waals surface area contributed by atoms with E-state index in [1.807, 2.05) is 23.1 Å². The van der Waals surface area contributed by atoms with Crippen LogP contribution in [0.5, 0.6) is 0 Å². The summed E-state index contributed by atoms with van der Waals surface area (Å²) < 4.78 is 20.3. The molecule has 0 saturated carbocycles. The first kappa shape index (κ1) is 22.5. The number of carbonyl (C=O) groups excluding carboxylic acids is 2. The first-order valence-corrected chi connectivity index (χ1v) is 11.6. The maximum Gasteiger partial charge on any atom is 0.325 e. The van der Waals surface area contributed by atoms with E-state index in [1.165, 1.54) is 24.8 Å². The third kappa shape index (κ3) is 3.84. The lowest BCUT2D eigenvalue weighted by atomic mass is 9.96. The molecule has 1 fully saturated rings. The van der Waals surface area contributed by atoms with Crippen LogP contribution in [0.4, 0.5) is 9.18 Å². The quantitative estimate of drug-likeness (QED) is 0.460. The molecule has 1 atom stereocenters. The van der Waals surface area contributed by atoms with Gasteiger partial charge in [0.2, 0.25) is 0 Å². The van der Waals surface area contributed by atoms with Crippen LogP contribution < -0.4 is 0 Å². The van der Waals surface area contributed by atoms with Gasteiger partial charge in [0.1, 0.15) is 5.82 Å². The van der Waals surface area contributed by atoms with Crippen LogP contribution in [0.25, 0.3) is 10.9 Å². The molecule has 2 aliphatic heterocycles. The van der Waals surface area contributed by atoms with Crippen molar-refractivity contribution in [1.82, 2.24) is 14.4 Å². The molecule has 0 spiro atoms. The highest BCUT2D eigenvalue weighted by molar-refractivity contribution is 6.31. The Bertz CT molecular complexity index is 1300. The van der Waals surface area contributed by atoms with Crippen LogP contribution in [0, 0.1) is 5.82 Å². The second kappa shape index (κ2) is 8.80. The SMILES string of the molecule is C=C1[C@@H]2Cc3c(n(Cc4ccc(F)cc4)c4cc(Cl)ccc34)CN2C(=O)N1CCCC(=O)OC. The van der Waals surface area contributed by atoms with E-state index in [-0.39, 0.29) is 30.3 Å². The first-order valence-electron chi connectivity index (χ1n) is 11.2. The minimum Gasteiger partial charge on any atom is -0.469 e. The average Bonchev–Trinajstić information content (AvgIpc) is 3.25. The van der Waals surface area contributed by atoms with Crippen molar-refractivity contribution in [2.75, 3.05) is 13.7 Å². The molecule has 1 saturated heterocycles. The number of aromatic nitrogens is 1. The van der Waals surface area contributed by atoms with Gasteiger partial charge in [0.15, 0.2) is 0 Å². The standard InChI is InChI=1S/C26H25ClFN3O3/c1-16-22-13-21-20-10-7-18(27)12-23(20)30(14-17-5-8-19(28)9-6-17)24(21)15-31(22)26(33)29(16)11-3-4-25(32)34-2/h5-10,12,22H,1,3-4,11,13-15H2,2H3/t22-/m0/s1. The van der Waals surface area contributed by atoms with Crippen molar-refractivity contribution in [3.8, 4) is 0 Å². The molecule has 176 valence electrons. The lowest BCUT2D eigenvalue weighted by molar-refractivity contribution is -0.140. The van der Waals surface area contributed by atoms with E-state index in [1.54, 1.807) is 17.0 Å². The number of methoxy groups -OCH3 is 1. The molecule has 2 amide bonds. The van der Waals surface area contributed by atoms with Crippen molar-refractivity contribution in [3.63, 3.8) is 0 Å². The van der Waals surface area contributed by atoms with E-state index in [0.717, 1.165) is 27.9 Å². The van der Waals surface area contributed by atoms with Crippen LogP contribution in [0.1, 0.15) is 29.7 Å². The predicted molar refractivity (Wildman–Crippen MR) is 128 cm³/mol. The number of ether oxygens (including phenoxy) is 1. The van der Waals surface area contributed by atoms with Gasteiger partial charge in [-0.15, -0.1) is 0 Å². The van der Waals surface area contributed by atoms with Gasteiger partial charge in [-0.25, -0.2) is 9.18 Å². The van der Waals surface area contributed by atoms with Crippen LogP contribution in [-0.2, 0) is 29.0 Å². The van der Waals surface area contributed by atoms with Gasteiger partial charge in [0.25, 0.3) is 0 Å². The lowest BCUT2D eigenvalue weighted by Gasteiger charge is -2.29. The molecule has 0 aliphatic carbocycles. The molecule has 8 heteroatoms. The molecule has 1 aromatic heterocycles. The van der Waals surface area contributed by atoms with Crippen molar-refractivity contribution < 1.29 is 18.7 Å². The number of fused-ring (bicyclic) bond motifs is 4. The molecule has 3 heterocycles. The van der Waals surface area contributed by atoms with E-state index >= 15 is 0 Å². The van der Waals surface area contributed by atoms with E-state index in [4.69, 9.17) is 16.3 Å². The molecule has 34 heavy (non-hydrogen) atoms. The van der Waals surface area contributed by atoms with E-state index in [9.17, 15) is 14.0 Å². The molecule has 2 aliphatic rings. The molecule has 0 unspecified atom stereocenters. The minimum atomic E-state index is -0.290. The Balaban J connectivity index is 1.48. The van der Waals surface area contributed by atoms with Crippen LogP contribution in [0.2, 0.25) is 5.02 Å². The van der Waals surface area contributed by atoms with Gasteiger partial charge in [0, 0.05) is 47.7 Å². The van der Waals surface area contributed by atoms with E-state index in [0.29, 0.717) is 37.5 Å². The second-order valence-corrected chi connectivity index (χ2v) is 9.19. The van der Waals surface area contributed by atoms with E-state index < -0.39 is 0 Å². The summed E-state index contributed by atoms with van der Waals surface area (Å²) in [7, 11) is 1.36. The molecule has 0 N–H and O–H groups in total. The maximum atomic E-state index is 13.5. The van der Waals surface area contributed by atoms with Gasteiger partial charge in [-0.3, -0.25) is 9.69 Å². The number of rotatable bonds is 6. The van der Waals surface area contributed by atoms with Crippen molar-refractivity contribution in [2.24, 2.45) is 0 Å². The Morgan fingerprint density at radius 3 is 2.74 bits per heavy atom. The van der Waals surface area contributed by atoms with Crippen molar-refractivity contribution >= 4 is 34.5 Å². The van der Waals surface area contributed by atoms with Gasteiger partial charge in [-0.1, -0.05) is 36.4 Å². The van der Waals surface area contributed by atoms with Gasteiger partial charge >= 0.3 is 12.0 Å². The molecular weight excluding hydrogens is 457 g/mol. The number of benzene rings is 2. The fourth-order valence-electron chi connectivity index (χ4n) is 5.06. The minimum absolute atomic E-state index is 0.0952. The molecule has 3 aromatic rings. The van der Waals surface area contributed by atoms with Gasteiger partial charge < -0.3 is 14.2 Å². The van der Waals surface area contributed by atoms with Gasteiger partial charge in [-0.05, 0) is 41.8 Å². The zero-order valence-electron chi connectivity index (χ0n) is 18.9. The maximum absolute atomic E-state index is 13.5. The van der Waals surface area contributed by atoms with Gasteiger partial charge in [-0.2, -0.15) is 0 Å². The number of nitrogens with zero attached hydrogens (tertiary/aromatic N) is 3. The summed E-state index contributed by atoms with van der Waals surface area (Å²) in [5, 5.41) is 1.74. The van der Waals surface area contributed by atoms with Crippen LogP contribution >= 0.6 is 11.6 Å². The number of halogens is 2. The smallest absolute Gasteiger partial charge is 0.325 e. The fraction of sp³-hybridized carbons (Fsp3) is 0.308. The zero-order valence-corrected chi connectivity index (χ0v) is 19.6.